The maximum atomic E-state index is 12.7. The number of phenols is 1. The van der Waals surface area contributed by atoms with Crippen molar-refractivity contribution in [2.24, 2.45) is 0 Å². The highest BCUT2D eigenvalue weighted by Gasteiger charge is 2.40. The number of hydrogen-bond acceptors (Lipinski definition) is 20. The molecule has 2 aliphatic rings. The van der Waals surface area contributed by atoms with Gasteiger partial charge in [0.15, 0.2) is 30.5 Å². The molecule has 2 saturated carbocycles. The molecule has 2 aliphatic carbocycles. The number of benzene rings is 10. The number of aryl methyl sites for hydroxylation is 13. The van der Waals surface area contributed by atoms with E-state index < -0.39 is 78.7 Å². The van der Waals surface area contributed by atoms with E-state index in [1.54, 1.807) is 24.3 Å². The average Bonchev–Trinajstić information content (AvgIpc) is 1.67. The Morgan fingerprint density at radius 2 is 0.518 bits per heavy atom. The second kappa shape index (κ2) is 51.0. The van der Waals surface area contributed by atoms with Crippen molar-refractivity contribution in [2.75, 3.05) is 35.5 Å². The lowest BCUT2D eigenvalue weighted by molar-refractivity contribution is -0.164. The van der Waals surface area contributed by atoms with E-state index in [0.717, 1.165) is 134 Å². The topological polar surface area (TPSA) is 279 Å². The number of halogens is 1. The van der Waals surface area contributed by atoms with E-state index >= 15 is 0 Å². The minimum Gasteiger partial charge on any atom is -0.507 e. The number of ether oxygens (including phenoxy) is 10. The first kappa shape index (κ1) is 115. The minimum absolute atomic E-state index is 0.107. The van der Waals surface area contributed by atoms with Gasteiger partial charge in [-0.2, -0.15) is 0 Å². The molecule has 0 heterocycles. The van der Waals surface area contributed by atoms with Gasteiger partial charge < -0.3 is 72.6 Å². The van der Waals surface area contributed by atoms with E-state index in [4.69, 9.17) is 67.5 Å². The van der Waals surface area contributed by atoms with Gasteiger partial charge in [-0.25, -0.2) is 24.0 Å². The molecule has 0 spiro atoms. The summed E-state index contributed by atoms with van der Waals surface area (Å²) in [6.07, 6.45) is 0.476. The number of rotatable bonds is 22. The smallest absolute Gasteiger partial charge is 0.488 e. The number of hydrogen-bond donors (Lipinski definition) is 5. The number of carbonyl (C=O) groups is 5. The Labute approximate surface area is 824 Å². The van der Waals surface area contributed by atoms with Crippen LogP contribution >= 0.6 is 15.9 Å². The summed E-state index contributed by atoms with van der Waals surface area (Å²) in [5, 5.41) is 44.4. The predicted octanol–water partition coefficient (Wildman–Crippen LogP) is 24.6. The zero-order chi connectivity index (χ0) is 103. The van der Waals surface area contributed by atoms with E-state index in [1.165, 1.54) is 70.6 Å². The molecule has 2 fully saturated rings. The van der Waals surface area contributed by atoms with Crippen molar-refractivity contribution in [2.45, 2.75) is 290 Å². The molecule has 5 N–H and O–H groups in total. The van der Waals surface area contributed by atoms with Crippen molar-refractivity contribution in [3.8, 4) is 50.3 Å². The summed E-state index contributed by atoms with van der Waals surface area (Å²) in [5.41, 5.74) is 25.6. The number of aromatic hydroxyl groups is 1. The molecule has 0 saturated heterocycles. The van der Waals surface area contributed by atoms with Crippen molar-refractivity contribution >= 4 is 65.5 Å². The van der Waals surface area contributed by atoms with Gasteiger partial charge >= 0.3 is 44.1 Å². The van der Waals surface area contributed by atoms with Crippen LogP contribution < -0.4 is 5.46 Å². The van der Waals surface area contributed by atoms with Crippen molar-refractivity contribution in [1.29, 1.82) is 0 Å². The minimum atomic E-state index is -1.35. The Bertz CT molecular complexity index is 5330. The van der Waals surface area contributed by atoms with Crippen molar-refractivity contribution in [3.63, 3.8) is 0 Å². The van der Waals surface area contributed by atoms with E-state index in [9.17, 15) is 29.1 Å². The Kier molecular flexibility index (Phi) is 42.9. The van der Waals surface area contributed by atoms with Crippen LogP contribution in [-0.2, 0) is 71.3 Å². The van der Waals surface area contributed by atoms with Gasteiger partial charge in [0.05, 0.1) is 63.6 Å². The van der Waals surface area contributed by atoms with Crippen molar-refractivity contribution < 1.29 is 96.5 Å². The Morgan fingerprint density at radius 3 is 0.774 bits per heavy atom. The summed E-state index contributed by atoms with van der Waals surface area (Å²) < 4.78 is 56.4. The molecule has 137 heavy (non-hydrogen) atoms. The fraction of sp³-hybridized carbons (Fsp3) is 0.430. The van der Waals surface area contributed by atoms with Crippen LogP contribution in [0.1, 0.15) is 272 Å². The van der Waals surface area contributed by atoms with Crippen LogP contribution in [0, 0.1) is 90.0 Å². The first-order valence-corrected chi connectivity index (χ1v) is 47.4. The van der Waals surface area contributed by atoms with Gasteiger partial charge in [0.25, 0.3) is 0 Å². The van der Waals surface area contributed by atoms with E-state index in [1.807, 2.05) is 220 Å². The Balaban J connectivity index is 0.000000253. The molecule has 5 unspecified atom stereocenters. The molecule has 10 aromatic carbocycles. The normalized spacial score (nSPS) is 13.5. The number of esters is 5. The largest absolute Gasteiger partial charge is 0.507 e. The van der Waals surface area contributed by atoms with Gasteiger partial charge in [0, 0.05) is 37.9 Å². The molecule has 20 nitrogen and oxygen atoms in total. The Hall–Kier alpha value is -10.4. The van der Waals surface area contributed by atoms with Crippen LogP contribution in [0.5, 0.6) is 5.75 Å². The highest BCUT2D eigenvalue weighted by molar-refractivity contribution is 9.10. The third-order valence-electron chi connectivity index (χ3n) is 22.4. The summed E-state index contributed by atoms with van der Waals surface area (Å²) in [4.78, 5) is 62.3. The molecule has 0 aromatic heterocycles. The first-order valence-electron chi connectivity index (χ1n) is 46.6. The molecule has 0 amide bonds. The van der Waals surface area contributed by atoms with Crippen LogP contribution in [0.3, 0.4) is 0 Å². The van der Waals surface area contributed by atoms with Crippen LogP contribution in [0.4, 0.5) is 0 Å². The van der Waals surface area contributed by atoms with Gasteiger partial charge in [-0.05, 0) is 319 Å². The fourth-order valence-corrected chi connectivity index (χ4v) is 15.8. The molecular weight excluding hydrogens is 1790 g/mol. The lowest BCUT2D eigenvalue weighted by Crippen LogP contribution is -2.29. The lowest BCUT2D eigenvalue weighted by atomic mass is 9.80. The van der Waals surface area contributed by atoms with Gasteiger partial charge in [-0.1, -0.05) is 233 Å². The monoisotopic (exact) mass is 1940 g/mol. The summed E-state index contributed by atoms with van der Waals surface area (Å²) in [5.74, 6) is -1.10. The number of methoxy groups -OCH3 is 5. The SMILES string of the molecule is COC(=O)C(OC(C)(C)C)c1c(C)ccc(C)c1-c1ccc(C)cc1.COC(=O)C(OC(C)(C)C)c1c(C)ccc(C)c1-c1ccc(C)cc1.COC(=O)C(OC(C)(C)C)c1c(C)ccc(C)c1Br.COC(=O)C(OC(C)(C)C)c1c(C)ccc(C2CC2)c1-c1ccc(C)cc1.COC(=O)C(OC(C)(C)C)c1c(C)ccc(O)c1-c1ccc(C)cc1.Cc1ccc(B(O)O)cc1.OB(O)C1CC1. The zero-order valence-corrected chi connectivity index (χ0v) is 88.7. The zero-order valence-electron chi connectivity index (χ0n) is 87.1. The van der Waals surface area contributed by atoms with E-state index in [-0.39, 0.29) is 35.4 Å². The third kappa shape index (κ3) is 35.2. The number of phenolic OH excluding ortho intramolecular Hbond substituents is 1. The average molecular weight is 1940 g/mol. The van der Waals surface area contributed by atoms with Crippen molar-refractivity contribution in [1.82, 2.24) is 0 Å². The molecule has 5 atom stereocenters. The van der Waals surface area contributed by atoms with Gasteiger partial charge in [-0.3, -0.25) is 0 Å². The molecule has 12 rings (SSSR count). The molecule has 0 radical (unpaired) electrons. The van der Waals surface area contributed by atoms with E-state index in [0.29, 0.717) is 22.5 Å². The third-order valence-corrected chi connectivity index (χ3v) is 23.5. The van der Waals surface area contributed by atoms with Crippen LogP contribution in [0.25, 0.3) is 44.5 Å². The maximum absolute atomic E-state index is 12.7. The fourth-order valence-electron chi connectivity index (χ4n) is 15.2. The van der Waals surface area contributed by atoms with Crippen LogP contribution in [-0.4, -0.2) is 133 Å². The summed E-state index contributed by atoms with van der Waals surface area (Å²) >= 11 is 3.55. The summed E-state index contributed by atoms with van der Waals surface area (Å²) in [6.45, 7) is 55.2. The first-order chi connectivity index (χ1) is 63.8. The quantitative estimate of drug-likeness (QED) is 0.0239. The van der Waals surface area contributed by atoms with Crippen LogP contribution in [0.2, 0.25) is 5.82 Å². The summed E-state index contributed by atoms with van der Waals surface area (Å²) in [6, 6.07) is 60.1. The second-order valence-electron chi connectivity index (χ2n) is 40.3. The second-order valence-corrected chi connectivity index (χ2v) is 41.1. The van der Waals surface area contributed by atoms with E-state index in [2.05, 4.69) is 148 Å². The number of carbonyl (C=O) groups excluding carboxylic acids is 5. The molecule has 23 heteroatoms. The molecule has 10 aromatic rings. The molecular formula is C114H149B2BrO20. The molecule has 0 bridgehead atoms. The highest BCUT2D eigenvalue weighted by Crippen LogP contribution is 2.50. The van der Waals surface area contributed by atoms with Gasteiger partial charge in [-0.15, -0.1) is 0 Å². The standard InChI is InChI=1S/C24H30O3.2C22H28O3.C21H26O4.C15H21BrO3.C7H9BO2.C3H7BO2/c1-15-7-10-18(11-8-15)21-19(17-12-13-17)14-9-16(2)20(21)22(23(25)26-6)27-24(3,4)5;2*1-14-8-12-17(13-9-14)18-15(2)10-11-16(3)19(18)20(21(23)24-7)25-22(4,5)6;1-13-7-10-15(11-8-13)18-16(22)12-9-14(2)17(18)19(20(23)24-6)25-21(3,4)5;1-9-7-8-10(2)12(16)11(9)13(14(17)18-6)19-15(3,4)5;1-6-2-4-7(5-3-6)8(9)10;5-4(6)3-1-2-3/h7-11,14,17,22H,12-13H2,1-6H3;2*8-13,20H,1-7H3;7-12,19,22H,1-6H3;7-8,13H,1-6H3;2-5,9-10H,1H3;3,5-6H,1-2H2. The molecule has 738 valence electrons. The Morgan fingerprint density at radius 1 is 0.292 bits per heavy atom. The van der Waals surface area contributed by atoms with Crippen molar-refractivity contribution in [3.05, 3.63) is 292 Å². The van der Waals surface area contributed by atoms with Gasteiger partial charge in [0.2, 0.25) is 0 Å². The maximum Gasteiger partial charge on any atom is 0.488 e. The van der Waals surface area contributed by atoms with Crippen LogP contribution in [0.15, 0.2) is 186 Å². The predicted molar refractivity (Wildman–Crippen MR) is 554 cm³/mol. The summed E-state index contributed by atoms with van der Waals surface area (Å²) in [7, 11) is 4.56. The van der Waals surface area contributed by atoms with Gasteiger partial charge in [0.1, 0.15) is 5.75 Å². The molecule has 0 aliphatic heterocycles. The lowest BCUT2D eigenvalue weighted by Gasteiger charge is -2.29. The highest BCUT2D eigenvalue weighted by atomic mass is 79.9.